The van der Waals surface area contributed by atoms with Crippen molar-refractivity contribution >= 4 is 79.0 Å². The third-order valence-electron chi connectivity index (χ3n) is 17.3. The molecule has 0 fully saturated rings. The number of rotatable bonds is 9. The largest absolute Gasteiger partial charge is 0.311 e. The summed E-state index contributed by atoms with van der Waals surface area (Å²) >= 11 is 0. The van der Waals surface area contributed by atoms with Crippen molar-refractivity contribution in [1.82, 2.24) is 4.57 Å². The number of para-hydroxylation sites is 2. The lowest BCUT2D eigenvalue weighted by Gasteiger charge is -2.44. The molecule has 13 aromatic carbocycles. The molecule has 0 saturated heterocycles. The monoisotopic (exact) mass is 1090 g/mol. The highest BCUT2D eigenvalue weighted by Crippen LogP contribution is 2.48. The van der Waals surface area contributed by atoms with Crippen molar-refractivity contribution in [1.29, 1.82) is 10.5 Å². The fourth-order valence-corrected chi connectivity index (χ4v) is 13.4. The van der Waals surface area contributed by atoms with Crippen molar-refractivity contribution in [3.8, 4) is 84.6 Å². The fourth-order valence-electron chi connectivity index (χ4n) is 13.4. The van der Waals surface area contributed by atoms with E-state index in [-0.39, 0.29) is 6.71 Å². The summed E-state index contributed by atoms with van der Waals surface area (Å²) in [5.41, 5.74) is 27.0. The van der Waals surface area contributed by atoms with E-state index in [1.54, 1.807) is 0 Å². The molecule has 6 heteroatoms. The Bertz CT molecular complexity index is 4640. The van der Waals surface area contributed by atoms with Crippen LogP contribution in [0.4, 0.5) is 34.1 Å². The molecular formula is C80H50BN5. The molecule has 0 unspecified atom stereocenters. The smallest absolute Gasteiger partial charge is 0.252 e. The third kappa shape index (κ3) is 8.47. The van der Waals surface area contributed by atoms with E-state index < -0.39 is 0 Å². The van der Waals surface area contributed by atoms with Gasteiger partial charge in [0.1, 0.15) is 0 Å². The van der Waals surface area contributed by atoms with E-state index in [0.29, 0.717) is 11.1 Å². The van der Waals surface area contributed by atoms with Gasteiger partial charge in [0.2, 0.25) is 0 Å². The van der Waals surface area contributed by atoms with Gasteiger partial charge >= 0.3 is 0 Å². The van der Waals surface area contributed by atoms with Gasteiger partial charge in [-0.25, -0.2) is 0 Å². The summed E-state index contributed by atoms with van der Waals surface area (Å²) in [6, 6.07) is 114. The van der Waals surface area contributed by atoms with Gasteiger partial charge in [-0.2, -0.15) is 10.5 Å². The summed E-state index contributed by atoms with van der Waals surface area (Å²) in [4.78, 5) is 4.76. The van der Waals surface area contributed by atoms with Crippen LogP contribution in [0.3, 0.4) is 0 Å². The van der Waals surface area contributed by atoms with Crippen LogP contribution in [0.5, 0.6) is 0 Å². The highest BCUT2D eigenvalue weighted by Gasteiger charge is 2.44. The summed E-state index contributed by atoms with van der Waals surface area (Å²) in [6.07, 6.45) is 0. The van der Waals surface area contributed by atoms with Gasteiger partial charge < -0.3 is 14.4 Å². The van der Waals surface area contributed by atoms with Gasteiger partial charge in [-0.3, -0.25) is 0 Å². The number of hydrogen-bond acceptors (Lipinski definition) is 4. The molecule has 86 heavy (non-hydrogen) atoms. The summed E-state index contributed by atoms with van der Waals surface area (Å²) in [7, 11) is 0. The van der Waals surface area contributed by atoms with Gasteiger partial charge in [0.05, 0.1) is 40.0 Å². The SMILES string of the molecule is N#Cc1ccc2c(c1)B1c3cc(C#N)ccc3N(c3ccccc3)c3cc(-n4c5cc(-c6cc(-c7ccccc7)cc(-c7ccccc7)c6)ccc5c5ccc(-c6cc(-c7ccccc7)cc(-c7ccccc7)c6)cc54)cc(c31)N2c1ccccc1. The number of nitriles is 2. The molecular weight excluding hydrogens is 1040 g/mol. The average Bonchev–Trinajstić information content (AvgIpc) is 0.965. The highest BCUT2D eigenvalue weighted by atomic mass is 15.2. The minimum absolute atomic E-state index is 0.316. The van der Waals surface area contributed by atoms with Gasteiger partial charge in [-0.05, 0) is 204 Å². The van der Waals surface area contributed by atoms with Gasteiger partial charge in [-0.1, -0.05) is 182 Å². The van der Waals surface area contributed by atoms with Crippen LogP contribution in [-0.2, 0) is 0 Å². The minimum Gasteiger partial charge on any atom is -0.311 e. The number of anilines is 6. The molecule has 0 aliphatic carbocycles. The quantitative estimate of drug-likeness (QED) is 0.135. The fraction of sp³-hybridized carbons (Fsp3) is 0. The first kappa shape index (κ1) is 50.1. The zero-order valence-electron chi connectivity index (χ0n) is 46.7. The Balaban J connectivity index is 1.01. The first-order chi connectivity index (χ1) is 42.5. The second-order valence-electron chi connectivity index (χ2n) is 22.3. The lowest BCUT2D eigenvalue weighted by molar-refractivity contribution is 1.16. The molecule has 0 atom stereocenters. The van der Waals surface area contributed by atoms with Gasteiger partial charge in [-0.15, -0.1) is 0 Å². The number of benzene rings is 13. The summed E-state index contributed by atoms with van der Waals surface area (Å²) in [5.74, 6) is 0. The van der Waals surface area contributed by atoms with Crippen LogP contribution in [0.1, 0.15) is 11.1 Å². The summed E-state index contributed by atoms with van der Waals surface area (Å²) in [6.45, 7) is -0.316. The van der Waals surface area contributed by atoms with Crippen LogP contribution in [0.15, 0.2) is 303 Å². The first-order valence-corrected chi connectivity index (χ1v) is 29.1. The van der Waals surface area contributed by atoms with E-state index >= 15 is 0 Å². The van der Waals surface area contributed by atoms with E-state index in [0.717, 1.165) is 145 Å². The van der Waals surface area contributed by atoms with Crippen LogP contribution in [0, 0.1) is 22.7 Å². The predicted molar refractivity (Wildman–Crippen MR) is 357 cm³/mol. The molecule has 0 radical (unpaired) electrons. The van der Waals surface area contributed by atoms with Gasteiger partial charge in [0.15, 0.2) is 0 Å². The molecule has 16 rings (SSSR count). The Morgan fingerprint density at radius 3 is 0.919 bits per heavy atom. The molecule has 0 spiro atoms. The van der Waals surface area contributed by atoms with Crippen LogP contribution in [0.25, 0.3) is 94.3 Å². The lowest BCUT2D eigenvalue weighted by Crippen LogP contribution is -2.61. The maximum Gasteiger partial charge on any atom is 0.252 e. The van der Waals surface area contributed by atoms with Crippen LogP contribution >= 0.6 is 0 Å². The van der Waals surface area contributed by atoms with Crippen LogP contribution in [-0.4, -0.2) is 11.3 Å². The zero-order valence-corrected chi connectivity index (χ0v) is 46.7. The van der Waals surface area contributed by atoms with Crippen LogP contribution in [0.2, 0.25) is 0 Å². The molecule has 2 aliphatic rings. The minimum atomic E-state index is -0.316. The summed E-state index contributed by atoms with van der Waals surface area (Å²) < 4.78 is 2.50. The van der Waals surface area contributed by atoms with E-state index in [1.165, 1.54) is 0 Å². The van der Waals surface area contributed by atoms with E-state index in [2.05, 4.69) is 318 Å². The maximum atomic E-state index is 10.6. The number of nitrogens with zero attached hydrogens (tertiary/aromatic N) is 5. The molecule has 0 saturated carbocycles. The first-order valence-electron chi connectivity index (χ1n) is 29.1. The highest BCUT2D eigenvalue weighted by molar-refractivity contribution is 7.00. The Kier molecular flexibility index (Phi) is 12.0. The number of fused-ring (bicyclic) bond motifs is 7. The Morgan fingerprint density at radius 2 is 0.581 bits per heavy atom. The summed E-state index contributed by atoms with van der Waals surface area (Å²) in [5, 5.41) is 23.4. The Morgan fingerprint density at radius 1 is 0.256 bits per heavy atom. The maximum absolute atomic E-state index is 10.6. The second-order valence-corrected chi connectivity index (χ2v) is 22.3. The predicted octanol–water partition coefficient (Wildman–Crippen LogP) is 18.6. The van der Waals surface area contributed by atoms with E-state index in [4.69, 9.17) is 0 Å². The molecule has 398 valence electrons. The normalized spacial score (nSPS) is 12.1. The average molecular weight is 1090 g/mol. The topological polar surface area (TPSA) is 59.0 Å². The van der Waals surface area contributed by atoms with E-state index in [9.17, 15) is 10.5 Å². The molecule has 0 bridgehead atoms. The van der Waals surface area contributed by atoms with E-state index in [1.807, 2.05) is 12.1 Å². The third-order valence-corrected chi connectivity index (χ3v) is 17.3. The molecule has 0 N–H and O–H groups in total. The number of aromatic nitrogens is 1. The van der Waals surface area contributed by atoms with Crippen molar-refractivity contribution in [2.45, 2.75) is 0 Å². The van der Waals surface area contributed by atoms with Crippen molar-refractivity contribution in [3.05, 3.63) is 314 Å². The van der Waals surface area contributed by atoms with Gasteiger partial charge in [0.25, 0.3) is 6.71 Å². The Hall–Kier alpha value is -11.7. The Labute approximate surface area is 500 Å². The van der Waals surface area contributed by atoms with Crippen LogP contribution < -0.4 is 26.2 Å². The zero-order chi connectivity index (χ0) is 57.2. The molecule has 14 aromatic rings. The molecule has 2 aliphatic heterocycles. The number of hydrogen-bond donors (Lipinski definition) is 0. The molecule has 5 nitrogen and oxygen atoms in total. The lowest BCUT2D eigenvalue weighted by atomic mass is 9.33. The van der Waals surface area contributed by atoms with Crippen molar-refractivity contribution in [2.24, 2.45) is 0 Å². The van der Waals surface area contributed by atoms with Crippen molar-refractivity contribution in [2.75, 3.05) is 9.80 Å². The molecule has 3 heterocycles. The molecule has 0 amide bonds. The second kappa shape index (κ2) is 20.6. The standard InChI is InChI=1S/C80H50BN5/c82-51-53-31-37-74-72(39-53)81-73-40-54(52-83)32-38-75(73)85(68-29-17-6-18-30-68)79-50-69(49-78(80(79)81)84(74)67-27-15-5-16-28-67)86-76-47-59(65-43-61(55-19-7-1-8-20-55)41-62(44-65)56-21-9-2-10-22-56)33-35-70(76)71-36-34-60(48-77(71)86)66-45-63(57-23-11-3-12-24-57)42-64(46-66)58-25-13-4-14-26-58/h1-50H. The van der Waals surface area contributed by atoms with Crippen molar-refractivity contribution < 1.29 is 0 Å². The molecule has 1 aromatic heterocycles. The van der Waals surface area contributed by atoms with Gasteiger partial charge in [0, 0.05) is 44.9 Å². The van der Waals surface area contributed by atoms with Crippen molar-refractivity contribution in [3.63, 3.8) is 0 Å².